The highest BCUT2D eigenvalue weighted by Gasteiger charge is 2.20. The van der Waals surface area contributed by atoms with Crippen molar-refractivity contribution < 1.29 is 14.3 Å². The molecule has 1 aliphatic rings. The fraction of sp³-hybridized carbons (Fsp3) is 0.618. The summed E-state index contributed by atoms with van der Waals surface area (Å²) in [5.74, 6) is 3.71. The molecule has 1 aliphatic carbocycles. The Kier molecular flexibility index (Phi) is 13.1. The van der Waals surface area contributed by atoms with Gasteiger partial charge in [0.2, 0.25) is 0 Å². The maximum absolute atomic E-state index is 12.6. The fourth-order valence-electron chi connectivity index (χ4n) is 5.43. The lowest BCUT2D eigenvalue weighted by Gasteiger charge is -2.28. The third-order valence-corrected chi connectivity index (χ3v) is 8.30. The monoisotopic (exact) mass is 506 g/mol. The summed E-state index contributed by atoms with van der Waals surface area (Å²) in [5, 5.41) is 0. The summed E-state index contributed by atoms with van der Waals surface area (Å²) in [6, 6.07) is 15.3. The summed E-state index contributed by atoms with van der Waals surface area (Å²) in [4.78, 5) is 12.6. The van der Waals surface area contributed by atoms with Gasteiger partial charge in [-0.1, -0.05) is 97.1 Å². The summed E-state index contributed by atoms with van der Waals surface area (Å²) in [6.45, 7) is 7.55. The van der Waals surface area contributed by atoms with Crippen molar-refractivity contribution in [2.75, 3.05) is 6.61 Å². The van der Waals surface area contributed by atoms with E-state index in [4.69, 9.17) is 9.47 Å². The molecule has 1 fully saturated rings. The number of aryl methyl sites for hydroxylation is 1. The molecule has 1 unspecified atom stereocenters. The lowest BCUT2D eigenvalue weighted by Crippen LogP contribution is -2.15. The van der Waals surface area contributed by atoms with Gasteiger partial charge < -0.3 is 9.47 Å². The Bertz CT molecular complexity index is 878. The average molecular weight is 507 g/mol. The SMILES string of the molecule is CCCCCC1CCC(CCc2ccc(OC(=O)c3ccc(OCCCCC(C)CC)cc3)cc2)CC1. The quantitative estimate of drug-likeness (QED) is 0.129. The molecule has 0 saturated heterocycles. The van der Waals surface area contributed by atoms with E-state index in [1.165, 1.54) is 82.6 Å². The first-order valence-corrected chi connectivity index (χ1v) is 15.1. The first-order valence-electron chi connectivity index (χ1n) is 15.1. The highest BCUT2D eigenvalue weighted by Crippen LogP contribution is 2.34. The largest absolute Gasteiger partial charge is 0.494 e. The first kappa shape index (κ1) is 29.3. The number of ether oxygens (including phenoxy) is 2. The predicted octanol–water partition coefficient (Wildman–Crippen LogP) is 9.82. The molecule has 1 saturated carbocycles. The maximum Gasteiger partial charge on any atom is 0.343 e. The van der Waals surface area contributed by atoms with Crippen LogP contribution >= 0.6 is 0 Å². The van der Waals surface area contributed by atoms with Gasteiger partial charge >= 0.3 is 5.97 Å². The number of rotatable bonds is 16. The van der Waals surface area contributed by atoms with Crippen LogP contribution in [-0.2, 0) is 6.42 Å². The maximum atomic E-state index is 12.6. The summed E-state index contributed by atoms with van der Waals surface area (Å²) >= 11 is 0. The van der Waals surface area contributed by atoms with E-state index in [-0.39, 0.29) is 5.97 Å². The number of unbranched alkanes of at least 4 members (excludes halogenated alkanes) is 3. The molecule has 0 aromatic heterocycles. The zero-order valence-electron chi connectivity index (χ0n) is 23.7. The van der Waals surface area contributed by atoms with Crippen molar-refractivity contribution in [3.05, 3.63) is 59.7 Å². The van der Waals surface area contributed by atoms with E-state index in [1.807, 2.05) is 24.3 Å². The van der Waals surface area contributed by atoms with Crippen LogP contribution in [0.5, 0.6) is 11.5 Å². The van der Waals surface area contributed by atoms with Crippen molar-refractivity contribution in [2.45, 2.75) is 111 Å². The van der Waals surface area contributed by atoms with Crippen LogP contribution in [0.2, 0.25) is 0 Å². The van der Waals surface area contributed by atoms with Crippen LogP contribution in [0.25, 0.3) is 0 Å². The lowest BCUT2D eigenvalue weighted by molar-refractivity contribution is 0.0734. The second kappa shape index (κ2) is 16.5. The molecule has 0 aliphatic heterocycles. The van der Waals surface area contributed by atoms with Crippen LogP contribution in [0.15, 0.2) is 48.5 Å². The molecule has 1 atom stereocenters. The number of carbonyl (C=O) groups excluding carboxylic acids is 1. The minimum Gasteiger partial charge on any atom is -0.494 e. The predicted molar refractivity (Wildman–Crippen MR) is 155 cm³/mol. The molecular weight excluding hydrogens is 456 g/mol. The van der Waals surface area contributed by atoms with Gasteiger partial charge in [-0.05, 0) is 85.4 Å². The topological polar surface area (TPSA) is 35.5 Å². The van der Waals surface area contributed by atoms with E-state index in [1.54, 1.807) is 12.1 Å². The van der Waals surface area contributed by atoms with Crippen LogP contribution in [0.3, 0.4) is 0 Å². The molecule has 0 amide bonds. The number of carbonyl (C=O) groups is 1. The van der Waals surface area contributed by atoms with Crippen LogP contribution in [-0.4, -0.2) is 12.6 Å². The van der Waals surface area contributed by atoms with Gasteiger partial charge in [-0.3, -0.25) is 0 Å². The molecule has 0 radical (unpaired) electrons. The van der Waals surface area contributed by atoms with Crippen molar-refractivity contribution >= 4 is 5.97 Å². The summed E-state index contributed by atoms with van der Waals surface area (Å²) in [6.07, 6.45) is 18.4. The standard InChI is InChI=1S/C34H50O3/c1-4-6-7-11-28-12-14-29(15-13-28)16-17-30-18-22-33(23-19-30)37-34(35)31-20-24-32(25-21-31)36-26-9-8-10-27(3)5-2/h18-25,27-29H,4-17,26H2,1-3H3. The van der Waals surface area contributed by atoms with Gasteiger partial charge in [0, 0.05) is 0 Å². The smallest absolute Gasteiger partial charge is 0.343 e. The first-order chi connectivity index (χ1) is 18.1. The number of hydrogen-bond donors (Lipinski definition) is 0. The summed E-state index contributed by atoms with van der Waals surface area (Å²) in [7, 11) is 0. The van der Waals surface area contributed by atoms with E-state index in [0.29, 0.717) is 17.9 Å². The lowest BCUT2D eigenvalue weighted by atomic mass is 9.78. The van der Waals surface area contributed by atoms with Crippen LogP contribution in [0, 0.1) is 17.8 Å². The van der Waals surface area contributed by atoms with E-state index < -0.39 is 0 Å². The Hall–Kier alpha value is -2.29. The molecule has 204 valence electrons. The normalized spacial score (nSPS) is 18.4. The van der Waals surface area contributed by atoms with Crippen molar-refractivity contribution in [3.8, 4) is 11.5 Å². The summed E-state index contributed by atoms with van der Waals surface area (Å²) in [5.41, 5.74) is 1.87. The van der Waals surface area contributed by atoms with Gasteiger partial charge in [-0.25, -0.2) is 4.79 Å². The average Bonchev–Trinajstić information content (AvgIpc) is 2.93. The summed E-state index contributed by atoms with van der Waals surface area (Å²) < 4.78 is 11.4. The second-order valence-electron chi connectivity index (χ2n) is 11.3. The molecule has 0 spiro atoms. The van der Waals surface area contributed by atoms with Crippen LogP contribution < -0.4 is 9.47 Å². The Labute approximate surface area is 226 Å². The van der Waals surface area contributed by atoms with Crippen molar-refractivity contribution in [1.82, 2.24) is 0 Å². The minimum absolute atomic E-state index is 0.330. The zero-order valence-corrected chi connectivity index (χ0v) is 23.7. The van der Waals surface area contributed by atoms with Gasteiger partial charge in [0.15, 0.2) is 0 Å². The van der Waals surface area contributed by atoms with E-state index in [9.17, 15) is 4.79 Å². The molecule has 0 bridgehead atoms. The highest BCUT2D eigenvalue weighted by atomic mass is 16.5. The minimum atomic E-state index is -0.330. The van der Waals surface area contributed by atoms with Crippen molar-refractivity contribution in [1.29, 1.82) is 0 Å². The van der Waals surface area contributed by atoms with Crippen molar-refractivity contribution in [2.24, 2.45) is 17.8 Å². The number of esters is 1. The Balaban J connectivity index is 1.34. The van der Waals surface area contributed by atoms with E-state index >= 15 is 0 Å². The molecule has 3 nitrogen and oxygen atoms in total. The molecule has 0 heterocycles. The number of benzene rings is 2. The van der Waals surface area contributed by atoms with Crippen molar-refractivity contribution in [3.63, 3.8) is 0 Å². The van der Waals surface area contributed by atoms with Gasteiger partial charge in [-0.15, -0.1) is 0 Å². The molecule has 3 rings (SSSR count). The molecule has 3 heteroatoms. The van der Waals surface area contributed by atoms with Crippen LogP contribution in [0.1, 0.15) is 120 Å². The second-order valence-corrected chi connectivity index (χ2v) is 11.3. The zero-order chi connectivity index (χ0) is 26.3. The van der Waals surface area contributed by atoms with E-state index in [0.717, 1.165) is 36.3 Å². The highest BCUT2D eigenvalue weighted by molar-refractivity contribution is 5.91. The van der Waals surface area contributed by atoms with Gasteiger partial charge in [0.05, 0.1) is 12.2 Å². The molecule has 2 aromatic carbocycles. The van der Waals surface area contributed by atoms with Gasteiger partial charge in [-0.2, -0.15) is 0 Å². The third kappa shape index (κ3) is 10.9. The third-order valence-electron chi connectivity index (χ3n) is 8.30. The van der Waals surface area contributed by atoms with Gasteiger partial charge in [0.25, 0.3) is 0 Å². The number of hydrogen-bond acceptors (Lipinski definition) is 3. The van der Waals surface area contributed by atoms with Crippen LogP contribution in [0.4, 0.5) is 0 Å². The van der Waals surface area contributed by atoms with E-state index in [2.05, 4.69) is 32.9 Å². The molecule has 0 N–H and O–H groups in total. The molecule has 2 aromatic rings. The molecular formula is C34H50O3. The Morgan fingerprint density at radius 1 is 0.811 bits per heavy atom. The Morgan fingerprint density at radius 3 is 2.11 bits per heavy atom. The fourth-order valence-corrected chi connectivity index (χ4v) is 5.43. The Morgan fingerprint density at radius 2 is 1.46 bits per heavy atom. The molecule has 37 heavy (non-hydrogen) atoms. The van der Waals surface area contributed by atoms with Gasteiger partial charge in [0.1, 0.15) is 11.5 Å².